The number of hydrogen-bond donors (Lipinski definition) is 1. The minimum absolute atomic E-state index is 0.107. The maximum absolute atomic E-state index is 13.3. The molecular formula is C22H23Cl2FN2O2. The van der Waals surface area contributed by atoms with Gasteiger partial charge in [-0.1, -0.05) is 48.7 Å². The Balaban J connectivity index is 1.94. The summed E-state index contributed by atoms with van der Waals surface area (Å²) < 4.78 is 13.3. The van der Waals surface area contributed by atoms with E-state index in [1.54, 1.807) is 36.4 Å². The lowest BCUT2D eigenvalue weighted by atomic mass is 10.0. The molecule has 1 N–H and O–H groups in total. The number of hydrogen-bond acceptors (Lipinski definition) is 2. The molecule has 29 heavy (non-hydrogen) atoms. The van der Waals surface area contributed by atoms with Crippen molar-refractivity contribution >= 4 is 35.0 Å². The summed E-state index contributed by atoms with van der Waals surface area (Å²) in [5.41, 5.74) is 1.35. The monoisotopic (exact) mass is 436 g/mol. The van der Waals surface area contributed by atoms with Crippen LogP contribution in [-0.4, -0.2) is 28.6 Å². The van der Waals surface area contributed by atoms with Crippen LogP contribution in [-0.2, 0) is 16.1 Å². The van der Waals surface area contributed by atoms with E-state index in [4.69, 9.17) is 23.2 Å². The molecule has 0 bridgehead atoms. The van der Waals surface area contributed by atoms with Gasteiger partial charge in [0.1, 0.15) is 17.7 Å². The van der Waals surface area contributed by atoms with Crippen LogP contribution in [0.3, 0.4) is 0 Å². The van der Waals surface area contributed by atoms with E-state index in [2.05, 4.69) is 5.32 Å². The van der Waals surface area contributed by atoms with Crippen LogP contribution in [0.4, 0.5) is 4.39 Å². The van der Waals surface area contributed by atoms with Gasteiger partial charge in [0.15, 0.2) is 0 Å². The predicted octanol–water partition coefficient (Wildman–Crippen LogP) is 4.85. The molecule has 0 aliphatic heterocycles. The average molecular weight is 437 g/mol. The SMILES string of the molecule is O=C(NC1CCCC1)[C@H](c1ccc(Cl)cc1)N(Cc1ccc(F)cc1)C(=O)CCl. The first-order chi connectivity index (χ1) is 14.0. The lowest BCUT2D eigenvalue weighted by molar-refractivity contribution is -0.140. The van der Waals surface area contributed by atoms with Gasteiger partial charge in [-0.3, -0.25) is 9.59 Å². The van der Waals surface area contributed by atoms with Crippen molar-refractivity contribution in [2.45, 2.75) is 44.3 Å². The van der Waals surface area contributed by atoms with E-state index in [-0.39, 0.29) is 36.1 Å². The Hall–Kier alpha value is -2.11. The number of nitrogens with zero attached hydrogens (tertiary/aromatic N) is 1. The van der Waals surface area contributed by atoms with E-state index in [9.17, 15) is 14.0 Å². The molecule has 0 unspecified atom stereocenters. The van der Waals surface area contributed by atoms with Crippen molar-refractivity contribution in [1.82, 2.24) is 10.2 Å². The summed E-state index contributed by atoms with van der Waals surface area (Å²) >= 11 is 11.9. The van der Waals surface area contributed by atoms with Crippen molar-refractivity contribution in [3.8, 4) is 0 Å². The maximum Gasteiger partial charge on any atom is 0.247 e. The van der Waals surface area contributed by atoms with Crippen LogP contribution in [0.2, 0.25) is 5.02 Å². The van der Waals surface area contributed by atoms with Gasteiger partial charge in [-0.2, -0.15) is 0 Å². The average Bonchev–Trinajstić information content (AvgIpc) is 3.22. The van der Waals surface area contributed by atoms with Crippen LogP contribution in [0.15, 0.2) is 48.5 Å². The largest absolute Gasteiger partial charge is 0.351 e. The number of carbonyl (C=O) groups excluding carboxylic acids is 2. The molecule has 1 aliphatic carbocycles. The zero-order chi connectivity index (χ0) is 20.8. The first-order valence-corrected chi connectivity index (χ1v) is 10.5. The smallest absolute Gasteiger partial charge is 0.247 e. The molecule has 7 heteroatoms. The van der Waals surface area contributed by atoms with Crippen LogP contribution >= 0.6 is 23.2 Å². The highest BCUT2D eigenvalue weighted by atomic mass is 35.5. The molecule has 2 aromatic rings. The molecular weight excluding hydrogens is 414 g/mol. The second-order valence-corrected chi connectivity index (χ2v) is 7.93. The molecule has 0 heterocycles. The van der Waals surface area contributed by atoms with Gasteiger partial charge in [-0.15, -0.1) is 11.6 Å². The Bertz CT molecular complexity index is 837. The van der Waals surface area contributed by atoms with Crippen molar-refractivity contribution in [3.05, 3.63) is 70.5 Å². The Morgan fingerprint density at radius 3 is 2.28 bits per heavy atom. The molecule has 3 rings (SSSR count). The van der Waals surface area contributed by atoms with Crippen molar-refractivity contribution in [1.29, 1.82) is 0 Å². The van der Waals surface area contributed by atoms with Gasteiger partial charge < -0.3 is 10.2 Å². The summed E-state index contributed by atoms with van der Waals surface area (Å²) in [5, 5.41) is 3.62. The predicted molar refractivity (Wildman–Crippen MR) is 112 cm³/mol. The second kappa shape index (κ2) is 10.1. The maximum atomic E-state index is 13.3. The minimum Gasteiger partial charge on any atom is -0.351 e. The zero-order valence-electron chi connectivity index (χ0n) is 15.9. The van der Waals surface area contributed by atoms with Crippen LogP contribution in [0.5, 0.6) is 0 Å². The lowest BCUT2D eigenvalue weighted by Crippen LogP contribution is -2.46. The van der Waals surface area contributed by atoms with Crippen LogP contribution in [0, 0.1) is 5.82 Å². The number of benzene rings is 2. The highest BCUT2D eigenvalue weighted by Gasteiger charge is 2.32. The van der Waals surface area contributed by atoms with Crippen LogP contribution in [0.1, 0.15) is 42.9 Å². The van der Waals surface area contributed by atoms with E-state index >= 15 is 0 Å². The number of alkyl halides is 1. The summed E-state index contributed by atoms with van der Waals surface area (Å²) in [5.74, 6) is -1.25. The number of nitrogens with one attached hydrogen (secondary N) is 1. The molecule has 1 aliphatic rings. The van der Waals surface area contributed by atoms with E-state index < -0.39 is 6.04 Å². The van der Waals surface area contributed by atoms with E-state index in [0.29, 0.717) is 16.1 Å². The molecule has 0 saturated heterocycles. The third-order valence-electron chi connectivity index (χ3n) is 5.15. The van der Waals surface area contributed by atoms with Gasteiger partial charge in [0, 0.05) is 17.6 Å². The standard InChI is InChI=1S/C22H23Cl2FN2O2/c23-13-20(28)27(14-15-5-11-18(25)12-6-15)21(16-7-9-17(24)10-8-16)22(29)26-19-3-1-2-4-19/h5-12,19,21H,1-4,13-14H2,(H,26,29)/t21-/m0/s1. The van der Waals surface area contributed by atoms with Gasteiger partial charge in [0.2, 0.25) is 11.8 Å². The van der Waals surface area contributed by atoms with Crippen LogP contribution in [0.25, 0.3) is 0 Å². The molecule has 4 nitrogen and oxygen atoms in total. The highest BCUT2D eigenvalue weighted by Crippen LogP contribution is 2.27. The summed E-state index contributed by atoms with van der Waals surface area (Å²) in [4.78, 5) is 27.4. The zero-order valence-corrected chi connectivity index (χ0v) is 17.4. The van der Waals surface area contributed by atoms with Crippen molar-refractivity contribution in [2.24, 2.45) is 0 Å². The molecule has 1 saturated carbocycles. The van der Waals surface area contributed by atoms with Gasteiger partial charge in [0.05, 0.1) is 0 Å². The fourth-order valence-corrected chi connectivity index (χ4v) is 3.93. The molecule has 1 fully saturated rings. The minimum atomic E-state index is -0.857. The number of halogens is 3. The Morgan fingerprint density at radius 1 is 1.07 bits per heavy atom. The molecule has 0 radical (unpaired) electrons. The van der Waals surface area contributed by atoms with E-state index in [1.165, 1.54) is 17.0 Å². The molecule has 2 amide bonds. The first kappa shape index (κ1) is 21.6. The highest BCUT2D eigenvalue weighted by molar-refractivity contribution is 6.30. The third-order valence-corrected chi connectivity index (χ3v) is 5.63. The molecule has 0 spiro atoms. The quantitative estimate of drug-likeness (QED) is 0.630. The molecule has 154 valence electrons. The third kappa shape index (κ3) is 5.71. The van der Waals surface area contributed by atoms with Gasteiger partial charge in [0.25, 0.3) is 0 Å². The Morgan fingerprint density at radius 2 is 1.69 bits per heavy atom. The number of carbonyl (C=O) groups is 2. The summed E-state index contributed by atoms with van der Waals surface area (Å²) in [6.07, 6.45) is 4.02. The van der Waals surface area contributed by atoms with Gasteiger partial charge in [-0.05, 0) is 48.2 Å². The summed E-state index contributed by atoms with van der Waals surface area (Å²) in [6, 6.07) is 11.9. The van der Waals surface area contributed by atoms with Crippen LogP contribution < -0.4 is 5.32 Å². The van der Waals surface area contributed by atoms with E-state index in [1.807, 2.05) is 0 Å². The second-order valence-electron chi connectivity index (χ2n) is 7.23. The normalized spacial score (nSPS) is 15.1. The Kier molecular flexibility index (Phi) is 7.51. The molecule has 2 aromatic carbocycles. The summed E-state index contributed by atoms with van der Waals surface area (Å²) in [6.45, 7) is 0.136. The fraction of sp³-hybridized carbons (Fsp3) is 0.364. The van der Waals surface area contributed by atoms with Crippen molar-refractivity contribution < 1.29 is 14.0 Å². The molecule has 1 atom stereocenters. The number of amides is 2. The molecule has 0 aromatic heterocycles. The van der Waals surface area contributed by atoms with Crippen molar-refractivity contribution in [2.75, 3.05) is 5.88 Å². The lowest BCUT2D eigenvalue weighted by Gasteiger charge is -2.32. The fourth-order valence-electron chi connectivity index (χ4n) is 3.65. The number of rotatable bonds is 7. The van der Waals surface area contributed by atoms with Gasteiger partial charge in [-0.25, -0.2) is 4.39 Å². The van der Waals surface area contributed by atoms with Gasteiger partial charge >= 0.3 is 0 Å². The topological polar surface area (TPSA) is 49.4 Å². The summed E-state index contributed by atoms with van der Waals surface area (Å²) in [7, 11) is 0. The Labute approximate surface area is 180 Å². The first-order valence-electron chi connectivity index (χ1n) is 9.63. The van der Waals surface area contributed by atoms with E-state index in [0.717, 1.165) is 25.7 Å². The van der Waals surface area contributed by atoms with Crippen molar-refractivity contribution in [3.63, 3.8) is 0 Å².